The van der Waals surface area contributed by atoms with E-state index in [4.69, 9.17) is 10.2 Å². The lowest BCUT2D eigenvalue weighted by Crippen LogP contribution is -2.20. The summed E-state index contributed by atoms with van der Waals surface area (Å²) in [6.45, 7) is 4.04. The van der Waals surface area contributed by atoms with Crippen molar-refractivity contribution in [1.82, 2.24) is 4.98 Å². The summed E-state index contributed by atoms with van der Waals surface area (Å²) in [7, 11) is 0. The Morgan fingerprint density at radius 2 is 2.00 bits per heavy atom. The van der Waals surface area contributed by atoms with E-state index in [2.05, 4.69) is 4.98 Å². The number of aromatic carboxylic acids is 1. The van der Waals surface area contributed by atoms with Gasteiger partial charge in [0, 0.05) is 10.8 Å². The van der Waals surface area contributed by atoms with Crippen LogP contribution in [0.1, 0.15) is 40.5 Å². The zero-order valence-electron chi connectivity index (χ0n) is 12.4. The van der Waals surface area contributed by atoms with Gasteiger partial charge in [-0.25, -0.2) is 9.78 Å². The first-order valence-corrected chi connectivity index (χ1v) is 7.65. The van der Waals surface area contributed by atoms with Crippen LogP contribution >= 0.6 is 11.3 Å². The standard InChI is InChI=1S/C16H17NO4S/c1-16(2,15-17-12(9-22-15)7-13(18)19)8-10-4-3-5-11(6-10)14(20)21/h3-6,9H,7-8H2,1-2H3,(H,18,19)(H,20,21). The zero-order chi connectivity index (χ0) is 16.3. The highest BCUT2D eigenvalue weighted by atomic mass is 32.1. The Labute approximate surface area is 132 Å². The van der Waals surface area contributed by atoms with Crippen molar-refractivity contribution in [2.24, 2.45) is 0 Å². The zero-order valence-corrected chi connectivity index (χ0v) is 13.2. The minimum atomic E-state index is -0.947. The van der Waals surface area contributed by atoms with Gasteiger partial charge in [-0.15, -0.1) is 11.3 Å². The molecule has 0 aliphatic heterocycles. The van der Waals surface area contributed by atoms with Gasteiger partial charge in [-0.3, -0.25) is 4.79 Å². The number of hydrogen-bond donors (Lipinski definition) is 2. The number of carboxylic acid groups (broad SMARTS) is 2. The molecule has 1 heterocycles. The largest absolute Gasteiger partial charge is 0.481 e. The fourth-order valence-corrected chi connectivity index (χ4v) is 3.20. The lowest BCUT2D eigenvalue weighted by molar-refractivity contribution is -0.136. The molecule has 5 nitrogen and oxygen atoms in total. The van der Waals surface area contributed by atoms with E-state index in [9.17, 15) is 9.59 Å². The summed E-state index contributed by atoms with van der Waals surface area (Å²) in [5.41, 5.74) is 1.44. The van der Waals surface area contributed by atoms with Crippen LogP contribution in [0.25, 0.3) is 0 Å². The average Bonchev–Trinajstić information content (AvgIpc) is 2.87. The van der Waals surface area contributed by atoms with Crippen LogP contribution in [0, 0.1) is 0 Å². The highest BCUT2D eigenvalue weighted by Crippen LogP contribution is 2.30. The maximum absolute atomic E-state index is 11.0. The van der Waals surface area contributed by atoms with Crippen molar-refractivity contribution < 1.29 is 19.8 Å². The number of benzene rings is 1. The minimum absolute atomic E-state index is 0.0823. The summed E-state index contributed by atoms with van der Waals surface area (Å²) in [6.07, 6.45) is 0.551. The van der Waals surface area contributed by atoms with E-state index in [1.54, 1.807) is 23.6 Å². The fourth-order valence-electron chi connectivity index (χ4n) is 2.25. The summed E-state index contributed by atoms with van der Waals surface area (Å²) in [6, 6.07) is 6.84. The Kier molecular flexibility index (Phi) is 4.61. The average molecular weight is 319 g/mol. The second kappa shape index (κ2) is 6.27. The predicted octanol–water partition coefficient (Wildman–Crippen LogP) is 2.99. The number of thiazole rings is 1. The van der Waals surface area contributed by atoms with Crippen LogP contribution in [-0.2, 0) is 23.1 Å². The molecule has 2 N–H and O–H groups in total. The van der Waals surface area contributed by atoms with Crippen molar-refractivity contribution in [3.63, 3.8) is 0 Å². The van der Waals surface area contributed by atoms with Gasteiger partial charge in [0.1, 0.15) is 0 Å². The first-order valence-electron chi connectivity index (χ1n) is 6.77. The number of aromatic nitrogens is 1. The summed E-state index contributed by atoms with van der Waals surface area (Å²) < 4.78 is 0. The van der Waals surface area contributed by atoms with Crippen molar-refractivity contribution in [2.75, 3.05) is 0 Å². The highest BCUT2D eigenvalue weighted by Gasteiger charge is 2.25. The van der Waals surface area contributed by atoms with Crippen molar-refractivity contribution in [3.05, 3.63) is 51.5 Å². The van der Waals surface area contributed by atoms with Crippen LogP contribution in [0.2, 0.25) is 0 Å². The highest BCUT2D eigenvalue weighted by molar-refractivity contribution is 7.09. The Balaban J connectivity index is 2.19. The van der Waals surface area contributed by atoms with E-state index in [1.165, 1.54) is 11.3 Å². The molecule has 0 aliphatic carbocycles. The molecule has 116 valence electrons. The molecule has 0 aliphatic rings. The van der Waals surface area contributed by atoms with Crippen molar-refractivity contribution in [2.45, 2.75) is 32.1 Å². The molecule has 0 bridgehead atoms. The van der Waals surface area contributed by atoms with Crippen molar-refractivity contribution in [3.8, 4) is 0 Å². The number of carboxylic acids is 2. The third kappa shape index (κ3) is 3.92. The smallest absolute Gasteiger partial charge is 0.335 e. The molecular weight excluding hydrogens is 302 g/mol. The van der Waals surface area contributed by atoms with Crippen LogP contribution in [-0.4, -0.2) is 27.1 Å². The summed E-state index contributed by atoms with van der Waals surface area (Å²) >= 11 is 1.44. The maximum atomic E-state index is 11.0. The van der Waals surface area contributed by atoms with E-state index >= 15 is 0 Å². The lowest BCUT2D eigenvalue weighted by Gasteiger charge is -2.22. The molecule has 0 radical (unpaired) electrons. The molecule has 22 heavy (non-hydrogen) atoms. The van der Waals surface area contributed by atoms with Gasteiger partial charge in [0.25, 0.3) is 0 Å². The Morgan fingerprint density at radius 3 is 2.64 bits per heavy atom. The van der Waals surface area contributed by atoms with E-state index < -0.39 is 11.9 Å². The molecule has 6 heteroatoms. The van der Waals surface area contributed by atoms with Crippen LogP contribution < -0.4 is 0 Å². The molecule has 0 unspecified atom stereocenters. The molecule has 0 saturated carbocycles. The molecular formula is C16H17NO4S. The lowest BCUT2D eigenvalue weighted by atomic mass is 9.86. The van der Waals surface area contributed by atoms with E-state index in [0.717, 1.165) is 10.6 Å². The monoisotopic (exact) mass is 319 g/mol. The Hall–Kier alpha value is -2.21. The van der Waals surface area contributed by atoms with Gasteiger partial charge in [0.15, 0.2) is 0 Å². The molecule has 1 aromatic heterocycles. The number of carbonyl (C=O) groups is 2. The number of aliphatic carboxylic acids is 1. The number of nitrogens with zero attached hydrogens (tertiary/aromatic N) is 1. The second-order valence-electron chi connectivity index (χ2n) is 5.78. The SMILES string of the molecule is CC(C)(Cc1cccc(C(=O)O)c1)c1nc(CC(=O)O)cs1. The van der Waals surface area contributed by atoms with Crippen molar-refractivity contribution >= 4 is 23.3 Å². The van der Waals surface area contributed by atoms with Crippen LogP contribution in [0.5, 0.6) is 0 Å². The van der Waals surface area contributed by atoms with Gasteiger partial charge >= 0.3 is 11.9 Å². The first-order chi connectivity index (χ1) is 10.3. The fraction of sp³-hybridized carbons (Fsp3) is 0.312. The molecule has 1 aromatic carbocycles. The third-order valence-corrected chi connectivity index (χ3v) is 4.54. The van der Waals surface area contributed by atoms with Gasteiger partial charge in [-0.05, 0) is 24.1 Å². The van der Waals surface area contributed by atoms with Gasteiger partial charge in [0.05, 0.1) is 22.7 Å². The second-order valence-corrected chi connectivity index (χ2v) is 6.64. The minimum Gasteiger partial charge on any atom is -0.481 e. The normalized spacial score (nSPS) is 11.4. The third-order valence-electron chi connectivity index (χ3n) is 3.28. The topological polar surface area (TPSA) is 87.5 Å². The predicted molar refractivity (Wildman–Crippen MR) is 83.6 cm³/mol. The molecule has 2 rings (SSSR count). The van der Waals surface area contributed by atoms with Crippen LogP contribution in [0.15, 0.2) is 29.6 Å². The number of hydrogen-bond acceptors (Lipinski definition) is 4. The molecule has 0 amide bonds. The van der Waals surface area contributed by atoms with Gasteiger partial charge in [0.2, 0.25) is 0 Å². The Bertz CT molecular complexity index is 706. The van der Waals surface area contributed by atoms with Crippen LogP contribution in [0.4, 0.5) is 0 Å². The van der Waals surface area contributed by atoms with E-state index in [-0.39, 0.29) is 17.4 Å². The van der Waals surface area contributed by atoms with Gasteiger partial charge < -0.3 is 10.2 Å². The molecule has 0 saturated heterocycles. The number of rotatable bonds is 6. The van der Waals surface area contributed by atoms with E-state index in [0.29, 0.717) is 12.1 Å². The summed E-state index contributed by atoms with van der Waals surface area (Å²) in [5.74, 6) is -1.85. The van der Waals surface area contributed by atoms with Gasteiger partial charge in [-0.1, -0.05) is 26.0 Å². The Morgan fingerprint density at radius 1 is 1.27 bits per heavy atom. The molecule has 0 atom stereocenters. The van der Waals surface area contributed by atoms with E-state index in [1.807, 2.05) is 19.9 Å². The molecule has 2 aromatic rings. The maximum Gasteiger partial charge on any atom is 0.335 e. The summed E-state index contributed by atoms with van der Waals surface area (Å²) in [4.78, 5) is 26.2. The molecule has 0 fully saturated rings. The summed E-state index contributed by atoms with van der Waals surface area (Å²) in [5, 5.41) is 20.5. The van der Waals surface area contributed by atoms with Gasteiger partial charge in [-0.2, -0.15) is 0 Å². The quantitative estimate of drug-likeness (QED) is 0.854. The van der Waals surface area contributed by atoms with Crippen LogP contribution in [0.3, 0.4) is 0 Å². The van der Waals surface area contributed by atoms with Crippen molar-refractivity contribution in [1.29, 1.82) is 0 Å². The molecule has 0 spiro atoms. The first kappa shape index (κ1) is 16.2.